The zero-order valence-corrected chi connectivity index (χ0v) is 20.6. The Labute approximate surface area is 181 Å². The first-order valence-corrected chi connectivity index (χ1v) is 10.5. The quantitative estimate of drug-likeness (QED) is 0.319. The van der Waals surface area contributed by atoms with Gasteiger partial charge in [0.1, 0.15) is 0 Å². The molecule has 0 aliphatic heterocycles. The molecule has 1 unspecified atom stereocenters. The molecule has 0 fully saturated rings. The summed E-state index contributed by atoms with van der Waals surface area (Å²) in [6.45, 7) is 10.3. The number of sulfone groups is 1. The Morgan fingerprint density at radius 2 is 1.89 bits per heavy atom. The van der Waals surface area contributed by atoms with Crippen molar-refractivity contribution in [2.75, 3.05) is 26.5 Å². The summed E-state index contributed by atoms with van der Waals surface area (Å²) in [6.07, 6.45) is 0.665. The molecule has 0 amide bonds. The van der Waals surface area contributed by atoms with Gasteiger partial charge in [-0.25, -0.2) is 8.42 Å². The topological polar surface area (TPSA) is 79.8 Å². The standard InChI is InChI=1S/C19H33N3O3S.HI/c1-8-16(22-18(20-6)21-13-19(4,5)25-7)12-26(23,24)17-10-9-14(2)15(3)11-17;/h9-11,16H,8,12-13H2,1-7H3,(H2,20,21,22);1H. The summed E-state index contributed by atoms with van der Waals surface area (Å²) in [6, 6.07) is 5.03. The highest BCUT2D eigenvalue weighted by Gasteiger charge is 2.22. The molecular formula is C19H34IN3O3S. The predicted molar refractivity (Wildman–Crippen MR) is 123 cm³/mol. The third kappa shape index (κ3) is 8.35. The summed E-state index contributed by atoms with van der Waals surface area (Å²) < 4.78 is 30.9. The Balaban J connectivity index is 0.00000676. The molecule has 156 valence electrons. The predicted octanol–water partition coefficient (Wildman–Crippen LogP) is 3.06. The van der Waals surface area contributed by atoms with E-state index < -0.39 is 9.84 Å². The minimum absolute atomic E-state index is 0. The molecule has 1 aromatic rings. The number of guanidine groups is 1. The zero-order valence-electron chi connectivity index (χ0n) is 17.4. The fraction of sp³-hybridized carbons (Fsp3) is 0.632. The van der Waals surface area contributed by atoms with Gasteiger partial charge in [0.25, 0.3) is 0 Å². The second-order valence-electron chi connectivity index (χ2n) is 7.17. The van der Waals surface area contributed by atoms with Crippen LogP contribution in [0.1, 0.15) is 38.3 Å². The van der Waals surface area contributed by atoms with Gasteiger partial charge in [0.15, 0.2) is 15.8 Å². The number of hydrogen-bond donors (Lipinski definition) is 2. The van der Waals surface area contributed by atoms with Crippen LogP contribution in [0.4, 0.5) is 0 Å². The number of aliphatic imine (C=N–C) groups is 1. The van der Waals surface area contributed by atoms with Gasteiger partial charge in [0.2, 0.25) is 0 Å². The van der Waals surface area contributed by atoms with E-state index in [1.165, 1.54) is 0 Å². The van der Waals surface area contributed by atoms with Crippen molar-refractivity contribution in [2.45, 2.75) is 57.6 Å². The van der Waals surface area contributed by atoms with E-state index in [2.05, 4.69) is 15.6 Å². The van der Waals surface area contributed by atoms with E-state index >= 15 is 0 Å². The van der Waals surface area contributed by atoms with E-state index in [9.17, 15) is 8.42 Å². The summed E-state index contributed by atoms with van der Waals surface area (Å²) in [5.41, 5.74) is 1.72. The molecule has 6 nitrogen and oxygen atoms in total. The van der Waals surface area contributed by atoms with Crippen molar-refractivity contribution in [3.8, 4) is 0 Å². The maximum Gasteiger partial charge on any atom is 0.191 e. The maximum atomic E-state index is 12.8. The SMILES string of the molecule is CCC(CS(=O)(=O)c1ccc(C)c(C)c1)NC(=NC)NCC(C)(C)OC.I. The van der Waals surface area contributed by atoms with Crippen molar-refractivity contribution in [3.05, 3.63) is 29.3 Å². The molecule has 2 N–H and O–H groups in total. The van der Waals surface area contributed by atoms with Crippen LogP contribution in [0.3, 0.4) is 0 Å². The van der Waals surface area contributed by atoms with Crippen LogP contribution in [0.2, 0.25) is 0 Å². The van der Waals surface area contributed by atoms with Crippen molar-refractivity contribution < 1.29 is 13.2 Å². The van der Waals surface area contributed by atoms with Gasteiger partial charge in [-0.15, -0.1) is 24.0 Å². The number of hydrogen-bond acceptors (Lipinski definition) is 4. The molecule has 0 aromatic heterocycles. The lowest BCUT2D eigenvalue weighted by Gasteiger charge is -2.26. The molecule has 27 heavy (non-hydrogen) atoms. The Morgan fingerprint density at radius 1 is 1.26 bits per heavy atom. The van der Waals surface area contributed by atoms with Crippen LogP contribution in [-0.4, -0.2) is 52.5 Å². The third-order valence-electron chi connectivity index (χ3n) is 4.55. The Kier molecular flexibility index (Phi) is 10.8. The Morgan fingerprint density at radius 3 is 2.37 bits per heavy atom. The number of aryl methyl sites for hydroxylation is 2. The van der Waals surface area contributed by atoms with Crippen LogP contribution in [0.15, 0.2) is 28.1 Å². The molecule has 1 aromatic carbocycles. The number of nitrogens with one attached hydrogen (secondary N) is 2. The second kappa shape index (κ2) is 11.2. The molecular weight excluding hydrogens is 477 g/mol. The Bertz CT molecular complexity index is 734. The number of halogens is 1. The van der Waals surface area contributed by atoms with Crippen molar-refractivity contribution in [3.63, 3.8) is 0 Å². The molecule has 8 heteroatoms. The van der Waals surface area contributed by atoms with Gasteiger partial charge in [-0.05, 0) is 57.4 Å². The lowest BCUT2D eigenvalue weighted by molar-refractivity contribution is 0.0268. The lowest BCUT2D eigenvalue weighted by Crippen LogP contribution is -2.49. The first-order chi connectivity index (χ1) is 12.0. The van der Waals surface area contributed by atoms with Crippen LogP contribution in [-0.2, 0) is 14.6 Å². The number of benzene rings is 1. The molecule has 0 saturated carbocycles. The van der Waals surface area contributed by atoms with Crippen molar-refractivity contribution >= 4 is 39.8 Å². The van der Waals surface area contributed by atoms with Crippen molar-refractivity contribution in [2.24, 2.45) is 4.99 Å². The number of rotatable bonds is 8. The van der Waals surface area contributed by atoms with Gasteiger partial charge in [-0.2, -0.15) is 0 Å². The smallest absolute Gasteiger partial charge is 0.191 e. The average Bonchev–Trinajstić information content (AvgIpc) is 2.59. The highest BCUT2D eigenvalue weighted by atomic mass is 127. The van der Waals surface area contributed by atoms with Crippen LogP contribution in [0.25, 0.3) is 0 Å². The van der Waals surface area contributed by atoms with Gasteiger partial charge in [0, 0.05) is 26.7 Å². The molecule has 1 atom stereocenters. The molecule has 0 bridgehead atoms. The fourth-order valence-electron chi connectivity index (χ4n) is 2.29. The molecule has 0 heterocycles. The summed E-state index contributed by atoms with van der Waals surface area (Å²) >= 11 is 0. The minimum Gasteiger partial charge on any atom is -0.377 e. The van der Waals surface area contributed by atoms with Gasteiger partial charge in [-0.1, -0.05) is 13.0 Å². The van der Waals surface area contributed by atoms with E-state index in [1.54, 1.807) is 26.3 Å². The number of nitrogens with zero attached hydrogens (tertiary/aromatic N) is 1. The number of ether oxygens (including phenoxy) is 1. The molecule has 0 radical (unpaired) electrons. The highest BCUT2D eigenvalue weighted by Crippen LogP contribution is 2.17. The van der Waals surface area contributed by atoms with E-state index in [-0.39, 0.29) is 41.4 Å². The van der Waals surface area contributed by atoms with Crippen LogP contribution in [0.5, 0.6) is 0 Å². The number of methoxy groups -OCH3 is 1. The average molecular weight is 511 g/mol. The third-order valence-corrected chi connectivity index (χ3v) is 6.36. The van der Waals surface area contributed by atoms with Crippen LogP contribution in [0, 0.1) is 13.8 Å². The van der Waals surface area contributed by atoms with E-state index in [4.69, 9.17) is 4.74 Å². The van der Waals surface area contributed by atoms with Crippen molar-refractivity contribution in [1.29, 1.82) is 0 Å². The molecule has 0 spiro atoms. The fourth-order valence-corrected chi connectivity index (χ4v) is 3.96. The summed E-state index contributed by atoms with van der Waals surface area (Å²) in [7, 11) is -0.0607. The first-order valence-electron chi connectivity index (χ1n) is 8.87. The van der Waals surface area contributed by atoms with Crippen molar-refractivity contribution in [1.82, 2.24) is 10.6 Å². The van der Waals surface area contributed by atoms with Gasteiger partial charge >= 0.3 is 0 Å². The van der Waals surface area contributed by atoms with E-state index in [0.717, 1.165) is 11.1 Å². The van der Waals surface area contributed by atoms with E-state index in [1.807, 2.05) is 40.7 Å². The van der Waals surface area contributed by atoms with Gasteiger partial charge in [-0.3, -0.25) is 4.99 Å². The molecule has 0 aliphatic carbocycles. The highest BCUT2D eigenvalue weighted by molar-refractivity contribution is 14.0. The Hall–Kier alpha value is -0.870. The van der Waals surface area contributed by atoms with Crippen LogP contribution < -0.4 is 10.6 Å². The van der Waals surface area contributed by atoms with Crippen LogP contribution >= 0.6 is 24.0 Å². The van der Waals surface area contributed by atoms with E-state index in [0.29, 0.717) is 23.8 Å². The second-order valence-corrected chi connectivity index (χ2v) is 9.20. The lowest BCUT2D eigenvalue weighted by atomic mass is 10.1. The minimum atomic E-state index is -3.38. The maximum absolute atomic E-state index is 12.8. The summed E-state index contributed by atoms with van der Waals surface area (Å²) in [4.78, 5) is 4.55. The largest absolute Gasteiger partial charge is 0.377 e. The van der Waals surface area contributed by atoms with Gasteiger partial charge in [0.05, 0.1) is 16.2 Å². The molecule has 0 aliphatic rings. The summed E-state index contributed by atoms with van der Waals surface area (Å²) in [5.74, 6) is 0.581. The summed E-state index contributed by atoms with van der Waals surface area (Å²) in [5, 5.41) is 6.39. The monoisotopic (exact) mass is 511 g/mol. The molecule has 1 rings (SSSR count). The normalized spacial score (nSPS) is 13.7. The molecule has 0 saturated heterocycles. The zero-order chi connectivity index (χ0) is 20.0. The first kappa shape index (κ1) is 26.1. The van der Waals surface area contributed by atoms with Gasteiger partial charge < -0.3 is 15.4 Å².